The zero-order valence-electron chi connectivity index (χ0n) is 13.4. The molecule has 0 unspecified atom stereocenters. The maximum Gasteiger partial charge on any atom is 0.231 e. The number of rotatable bonds is 2. The summed E-state index contributed by atoms with van der Waals surface area (Å²) in [6, 6.07) is 0. The van der Waals surface area contributed by atoms with Crippen LogP contribution in [0.15, 0.2) is 0 Å². The number of aliphatic hydroxyl groups is 2. The molecule has 0 bridgehead atoms. The zero-order chi connectivity index (χ0) is 16.5. The smallest absolute Gasteiger partial charge is 0.231 e. The highest BCUT2D eigenvalue weighted by Crippen LogP contribution is 2.40. The van der Waals surface area contributed by atoms with Gasteiger partial charge in [-0.05, 0) is 32.1 Å². The molecule has 0 radical (unpaired) electrons. The van der Waals surface area contributed by atoms with E-state index >= 15 is 0 Å². The molecule has 3 heterocycles. The molecule has 3 fully saturated rings. The molecule has 3 aliphatic rings. The van der Waals surface area contributed by atoms with Gasteiger partial charge in [-0.15, -0.1) is 0 Å². The molecular weight excluding hydrogens is 300 g/mol. The molecule has 130 valence electrons. The summed E-state index contributed by atoms with van der Waals surface area (Å²) in [6.07, 6.45) is 2.09. The summed E-state index contributed by atoms with van der Waals surface area (Å²) in [6.45, 7) is 2.02. The van der Waals surface area contributed by atoms with Crippen LogP contribution in [0.1, 0.15) is 32.1 Å². The lowest BCUT2D eigenvalue weighted by atomic mass is 9.70. The minimum atomic E-state index is -0.895. The standard InChI is InChI=1S/C16H26N2O5/c19-11-15(4-8-23-9-5-15)14(22)18-7-2-12(20)16(10-18)3-1-6-17-13(16)21/h12,19-20H,1-11H2,(H,17,21)/t12-,16-/m1/s1. The molecule has 3 saturated heterocycles. The van der Waals surface area contributed by atoms with Crippen LogP contribution in [0.5, 0.6) is 0 Å². The summed E-state index contributed by atoms with van der Waals surface area (Å²) in [5, 5.41) is 23.1. The fourth-order valence-electron chi connectivity index (χ4n) is 4.15. The third-order valence-electron chi connectivity index (χ3n) is 5.81. The van der Waals surface area contributed by atoms with Crippen LogP contribution >= 0.6 is 0 Å². The van der Waals surface area contributed by atoms with E-state index in [-0.39, 0.29) is 25.0 Å². The van der Waals surface area contributed by atoms with Gasteiger partial charge < -0.3 is 25.2 Å². The second-order valence-electron chi connectivity index (χ2n) is 7.10. The van der Waals surface area contributed by atoms with Gasteiger partial charge in [0.05, 0.1) is 23.5 Å². The normalized spacial score (nSPS) is 34.3. The van der Waals surface area contributed by atoms with E-state index in [9.17, 15) is 19.8 Å². The highest BCUT2D eigenvalue weighted by atomic mass is 16.5. The van der Waals surface area contributed by atoms with Crippen molar-refractivity contribution in [3.63, 3.8) is 0 Å². The van der Waals surface area contributed by atoms with E-state index in [1.54, 1.807) is 4.90 Å². The lowest BCUT2D eigenvalue weighted by Gasteiger charge is -2.49. The van der Waals surface area contributed by atoms with Crippen LogP contribution in [0.2, 0.25) is 0 Å². The van der Waals surface area contributed by atoms with Crippen LogP contribution < -0.4 is 5.32 Å². The zero-order valence-corrected chi connectivity index (χ0v) is 13.4. The fraction of sp³-hybridized carbons (Fsp3) is 0.875. The Bertz CT molecular complexity index is 477. The van der Waals surface area contributed by atoms with Crippen LogP contribution in [0, 0.1) is 10.8 Å². The molecule has 2 amide bonds. The van der Waals surface area contributed by atoms with Gasteiger partial charge in [0.1, 0.15) is 0 Å². The van der Waals surface area contributed by atoms with Gasteiger partial charge in [0.15, 0.2) is 0 Å². The van der Waals surface area contributed by atoms with E-state index in [0.717, 1.165) is 6.42 Å². The summed E-state index contributed by atoms with van der Waals surface area (Å²) in [4.78, 5) is 27.1. The monoisotopic (exact) mass is 326 g/mol. The van der Waals surface area contributed by atoms with Gasteiger partial charge in [-0.3, -0.25) is 9.59 Å². The highest BCUT2D eigenvalue weighted by Gasteiger charge is 2.53. The topological polar surface area (TPSA) is 99.1 Å². The van der Waals surface area contributed by atoms with Crippen molar-refractivity contribution in [1.82, 2.24) is 10.2 Å². The van der Waals surface area contributed by atoms with Gasteiger partial charge in [-0.25, -0.2) is 0 Å². The summed E-state index contributed by atoms with van der Waals surface area (Å²) in [5.74, 6) is -0.258. The van der Waals surface area contributed by atoms with Crippen molar-refractivity contribution >= 4 is 11.8 Å². The molecule has 23 heavy (non-hydrogen) atoms. The molecule has 0 aromatic rings. The first-order chi connectivity index (χ1) is 11.0. The first-order valence-electron chi connectivity index (χ1n) is 8.48. The molecule has 7 heteroatoms. The Balaban J connectivity index is 1.80. The molecule has 3 N–H and O–H groups in total. The minimum Gasteiger partial charge on any atom is -0.395 e. The van der Waals surface area contributed by atoms with Crippen LogP contribution in [0.25, 0.3) is 0 Å². The van der Waals surface area contributed by atoms with Crippen molar-refractivity contribution in [2.75, 3.05) is 39.5 Å². The number of hydrogen-bond acceptors (Lipinski definition) is 5. The molecular formula is C16H26N2O5. The molecule has 1 spiro atoms. The Morgan fingerprint density at radius 2 is 2.09 bits per heavy atom. The van der Waals surface area contributed by atoms with Gasteiger partial charge in [-0.2, -0.15) is 0 Å². The van der Waals surface area contributed by atoms with Crippen molar-refractivity contribution < 1.29 is 24.5 Å². The maximum atomic E-state index is 13.0. The first kappa shape index (κ1) is 16.7. The van der Waals surface area contributed by atoms with E-state index in [0.29, 0.717) is 52.0 Å². The van der Waals surface area contributed by atoms with E-state index < -0.39 is 16.9 Å². The van der Waals surface area contributed by atoms with E-state index in [1.807, 2.05) is 0 Å². The molecule has 0 saturated carbocycles. The van der Waals surface area contributed by atoms with Crippen LogP contribution in [0.3, 0.4) is 0 Å². The molecule has 7 nitrogen and oxygen atoms in total. The van der Waals surface area contributed by atoms with E-state index in [2.05, 4.69) is 5.32 Å². The number of ether oxygens (including phenoxy) is 1. The lowest BCUT2D eigenvalue weighted by Crippen LogP contribution is -2.64. The van der Waals surface area contributed by atoms with Crippen molar-refractivity contribution in [2.45, 2.75) is 38.2 Å². The van der Waals surface area contributed by atoms with E-state index in [4.69, 9.17) is 4.74 Å². The number of nitrogens with zero attached hydrogens (tertiary/aromatic N) is 1. The largest absolute Gasteiger partial charge is 0.395 e. The van der Waals surface area contributed by atoms with Crippen molar-refractivity contribution in [1.29, 1.82) is 0 Å². The number of aliphatic hydroxyl groups excluding tert-OH is 2. The Kier molecular flexibility index (Phi) is 4.62. The fourth-order valence-corrected chi connectivity index (χ4v) is 4.15. The maximum absolute atomic E-state index is 13.0. The Hall–Kier alpha value is -1.18. The molecule has 3 aliphatic heterocycles. The summed E-state index contributed by atoms with van der Waals surface area (Å²) in [5.41, 5.74) is -1.69. The quantitative estimate of drug-likeness (QED) is 0.621. The SMILES string of the molecule is O=C(N1CC[C@@H](O)[C@@]2(CCCNC2=O)C1)C1(CO)CCOCC1. The Morgan fingerprint density at radius 3 is 2.74 bits per heavy atom. The van der Waals surface area contributed by atoms with Crippen LogP contribution in [0.4, 0.5) is 0 Å². The van der Waals surface area contributed by atoms with Crippen molar-refractivity contribution in [3.05, 3.63) is 0 Å². The minimum absolute atomic E-state index is 0.104. The summed E-state index contributed by atoms with van der Waals surface area (Å²) < 4.78 is 5.32. The predicted molar refractivity (Wildman–Crippen MR) is 81.5 cm³/mol. The molecule has 0 aromatic heterocycles. The second-order valence-corrected chi connectivity index (χ2v) is 7.10. The van der Waals surface area contributed by atoms with Crippen LogP contribution in [-0.4, -0.2) is 72.5 Å². The number of likely N-dealkylation sites (tertiary alicyclic amines) is 1. The second kappa shape index (κ2) is 6.37. The third-order valence-corrected chi connectivity index (χ3v) is 5.81. The van der Waals surface area contributed by atoms with Gasteiger partial charge >= 0.3 is 0 Å². The highest BCUT2D eigenvalue weighted by molar-refractivity contribution is 5.87. The van der Waals surface area contributed by atoms with Gasteiger partial charge in [0.2, 0.25) is 11.8 Å². The van der Waals surface area contributed by atoms with Crippen molar-refractivity contribution in [2.24, 2.45) is 10.8 Å². The van der Waals surface area contributed by atoms with E-state index in [1.165, 1.54) is 0 Å². The number of amides is 2. The Morgan fingerprint density at radius 1 is 1.35 bits per heavy atom. The lowest BCUT2D eigenvalue weighted by molar-refractivity contribution is -0.165. The molecule has 2 atom stereocenters. The van der Waals surface area contributed by atoms with Gasteiger partial charge in [0, 0.05) is 32.8 Å². The predicted octanol–water partition coefficient (Wildman–Crippen LogP) is -0.735. The molecule has 0 aliphatic carbocycles. The van der Waals surface area contributed by atoms with Gasteiger partial charge in [-0.1, -0.05) is 0 Å². The number of piperidine rings is 2. The Labute approximate surface area is 136 Å². The molecule has 3 rings (SSSR count). The summed E-state index contributed by atoms with van der Waals surface area (Å²) in [7, 11) is 0. The van der Waals surface area contributed by atoms with Crippen LogP contribution in [-0.2, 0) is 14.3 Å². The van der Waals surface area contributed by atoms with Crippen molar-refractivity contribution in [3.8, 4) is 0 Å². The van der Waals surface area contributed by atoms with Gasteiger partial charge in [0.25, 0.3) is 0 Å². The number of carbonyl (C=O) groups excluding carboxylic acids is 2. The number of carbonyl (C=O) groups is 2. The average Bonchev–Trinajstić information content (AvgIpc) is 2.59. The first-order valence-corrected chi connectivity index (χ1v) is 8.48. The average molecular weight is 326 g/mol. The summed E-state index contributed by atoms with van der Waals surface area (Å²) >= 11 is 0. The number of hydrogen-bond donors (Lipinski definition) is 3. The number of nitrogens with one attached hydrogen (secondary N) is 1. The third kappa shape index (κ3) is 2.75. The molecule has 0 aromatic carbocycles.